The number of hydrogen-bond acceptors (Lipinski definition) is 1. The number of anilines is 1. The summed E-state index contributed by atoms with van der Waals surface area (Å²) in [6, 6.07) is 12.1. The van der Waals surface area contributed by atoms with Crippen molar-refractivity contribution in [2.45, 2.75) is 18.4 Å². The van der Waals surface area contributed by atoms with Gasteiger partial charge < -0.3 is 5.32 Å². The maximum atomic E-state index is 6.45. The molecule has 0 saturated heterocycles. The number of halogens is 3. The molecule has 1 N–H and O–H groups in total. The third-order valence-electron chi connectivity index (χ3n) is 4.61. The summed E-state index contributed by atoms with van der Waals surface area (Å²) in [6.07, 6.45) is 5.57. The third kappa shape index (κ3) is 2.32. The monoisotopic (exact) mass is 349 g/mol. The second kappa shape index (κ2) is 5.49. The van der Waals surface area contributed by atoms with Crippen molar-refractivity contribution in [1.82, 2.24) is 0 Å². The average molecular weight is 351 g/mol. The first-order valence-electron chi connectivity index (χ1n) is 7.31. The zero-order valence-corrected chi connectivity index (χ0v) is 14.0. The minimum atomic E-state index is 0.235. The van der Waals surface area contributed by atoms with Crippen LogP contribution in [-0.4, -0.2) is 0 Å². The van der Waals surface area contributed by atoms with E-state index in [4.69, 9.17) is 34.8 Å². The van der Waals surface area contributed by atoms with E-state index in [0.29, 0.717) is 16.9 Å². The van der Waals surface area contributed by atoms with Crippen LogP contribution in [0.1, 0.15) is 29.5 Å². The first-order chi connectivity index (χ1) is 10.6. The molecule has 2 aromatic rings. The van der Waals surface area contributed by atoms with Gasteiger partial charge in [-0.1, -0.05) is 59.1 Å². The van der Waals surface area contributed by atoms with Gasteiger partial charge in [0.25, 0.3) is 0 Å². The third-order valence-corrected chi connectivity index (χ3v) is 5.39. The molecule has 0 amide bonds. The van der Waals surface area contributed by atoms with E-state index in [0.717, 1.165) is 27.7 Å². The molecular weight excluding hydrogens is 337 g/mol. The summed E-state index contributed by atoms with van der Waals surface area (Å²) >= 11 is 18.6. The van der Waals surface area contributed by atoms with E-state index in [2.05, 4.69) is 29.6 Å². The largest absolute Gasteiger partial charge is 0.378 e. The van der Waals surface area contributed by atoms with Crippen molar-refractivity contribution in [2.24, 2.45) is 5.92 Å². The van der Waals surface area contributed by atoms with Gasteiger partial charge in [-0.2, -0.15) is 0 Å². The van der Waals surface area contributed by atoms with E-state index < -0.39 is 0 Å². The van der Waals surface area contributed by atoms with E-state index in [1.165, 1.54) is 5.56 Å². The van der Waals surface area contributed by atoms with E-state index >= 15 is 0 Å². The fourth-order valence-corrected chi connectivity index (χ4v) is 4.39. The number of allylic oxidation sites excluding steroid dienone is 2. The summed E-state index contributed by atoms with van der Waals surface area (Å²) in [5.74, 6) is 0.800. The van der Waals surface area contributed by atoms with Crippen LogP contribution in [0.15, 0.2) is 48.6 Å². The van der Waals surface area contributed by atoms with Crippen LogP contribution in [0.4, 0.5) is 5.69 Å². The second-order valence-corrected chi connectivity index (χ2v) is 7.16. The maximum absolute atomic E-state index is 6.45. The first-order valence-corrected chi connectivity index (χ1v) is 8.44. The molecule has 112 valence electrons. The van der Waals surface area contributed by atoms with Crippen molar-refractivity contribution in [3.8, 4) is 0 Å². The van der Waals surface area contributed by atoms with Crippen LogP contribution in [0.25, 0.3) is 0 Å². The molecule has 1 heterocycles. The lowest BCUT2D eigenvalue weighted by Crippen LogP contribution is -2.29. The normalized spacial score (nSPS) is 25.5. The predicted molar refractivity (Wildman–Crippen MR) is 94.3 cm³/mol. The Morgan fingerprint density at radius 1 is 0.955 bits per heavy atom. The Morgan fingerprint density at radius 2 is 1.73 bits per heavy atom. The Hall–Kier alpha value is -1.15. The SMILES string of the molecule is Clc1ccc([C@@H]2Nc3cc(Cl)cc(Cl)c3[C@@H]3C=CC[C@@H]32)cc1. The minimum Gasteiger partial charge on any atom is -0.378 e. The van der Waals surface area contributed by atoms with Crippen molar-refractivity contribution in [2.75, 3.05) is 5.32 Å². The van der Waals surface area contributed by atoms with Gasteiger partial charge in [-0.25, -0.2) is 0 Å². The molecule has 0 bridgehead atoms. The standard InChI is InChI=1S/C18H14Cl3N/c19-11-6-4-10(5-7-11)18-14-3-1-2-13(14)17-15(21)8-12(20)9-16(17)22-18/h1-2,4-9,13-14,18,22H,3H2/t13-,14+,18+/m1/s1. The van der Waals surface area contributed by atoms with Gasteiger partial charge in [0.2, 0.25) is 0 Å². The molecule has 4 rings (SSSR count). The highest BCUT2D eigenvalue weighted by Crippen LogP contribution is 2.52. The molecule has 2 aromatic carbocycles. The molecular formula is C18H14Cl3N. The van der Waals surface area contributed by atoms with Gasteiger partial charge in [0.05, 0.1) is 6.04 Å². The minimum absolute atomic E-state index is 0.235. The lowest BCUT2D eigenvalue weighted by Gasteiger charge is -2.38. The number of benzene rings is 2. The Labute approximate surface area is 144 Å². The van der Waals surface area contributed by atoms with Crippen LogP contribution >= 0.6 is 34.8 Å². The molecule has 0 unspecified atom stereocenters. The molecule has 22 heavy (non-hydrogen) atoms. The summed E-state index contributed by atoms with van der Waals surface area (Å²) in [6.45, 7) is 0. The Morgan fingerprint density at radius 3 is 2.50 bits per heavy atom. The van der Waals surface area contributed by atoms with Crippen molar-refractivity contribution in [3.63, 3.8) is 0 Å². The van der Waals surface area contributed by atoms with Gasteiger partial charge in [-0.3, -0.25) is 0 Å². The smallest absolute Gasteiger partial charge is 0.0553 e. The van der Waals surface area contributed by atoms with E-state index in [1.807, 2.05) is 24.3 Å². The highest BCUT2D eigenvalue weighted by molar-refractivity contribution is 6.35. The lowest BCUT2D eigenvalue weighted by atomic mass is 9.77. The van der Waals surface area contributed by atoms with Crippen LogP contribution in [0.2, 0.25) is 15.1 Å². The van der Waals surface area contributed by atoms with E-state index in [-0.39, 0.29) is 6.04 Å². The van der Waals surface area contributed by atoms with Gasteiger partial charge >= 0.3 is 0 Å². The summed E-state index contributed by atoms with van der Waals surface area (Å²) in [5.41, 5.74) is 3.44. The molecule has 1 aliphatic carbocycles. The fourth-order valence-electron chi connectivity index (χ4n) is 3.64. The van der Waals surface area contributed by atoms with Gasteiger partial charge in [0.15, 0.2) is 0 Å². The van der Waals surface area contributed by atoms with Crippen LogP contribution < -0.4 is 5.32 Å². The number of hydrogen-bond donors (Lipinski definition) is 1. The summed E-state index contributed by atoms with van der Waals surface area (Å²) < 4.78 is 0. The molecule has 1 aliphatic heterocycles. The van der Waals surface area contributed by atoms with Crippen molar-refractivity contribution >= 4 is 40.5 Å². The lowest BCUT2D eigenvalue weighted by molar-refractivity contribution is 0.426. The first kappa shape index (κ1) is 14.4. The molecule has 3 atom stereocenters. The van der Waals surface area contributed by atoms with Crippen molar-refractivity contribution in [3.05, 3.63) is 74.7 Å². The summed E-state index contributed by atoms with van der Waals surface area (Å²) in [7, 11) is 0. The zero-order chi connectivity index (χ0) is 15.3. The van der Waals surface area contributed by atoms with Crippen LogP contribution in [0.3, 0.4) is 0 Å². The molecule has 0 fully saturated rings. The number of rotatable bonds is 1. The molecule has 0 radical (unpaired) electrons. The van der Waals surface area contributed by atoms with Crippen molar-refractivity contribution < 1.29 is 0 Å². The Kier molecular flexibility index (Phi) is 3.60. The Balaban J connectivity index is 1.82. The number of fused-ring (bicyclic) bond motifs is 3. The predicted octanol–water partition coefficient (Wildman–Crippen LogP) is 6.47. The molecule has 0 aromatic heterocycles. The van der Waals surface area contributed by atoms with Crippen LogP contribution in [0.5, 0.6) is 0 Å². The van der Waals surface area contributed by atoms with Gasteiger partial charge in [0, 0.05) is 32.2 Å². The van der Waals surface area contributed by atoms with Crippen molar-refractivity contribution in [1.29, 1.82) is 0 Å². The molecule has 1 nitrogen and oxygen atoms in total. The molecule has 4 heteroatoms. The Bertz CT molecular complexity index is 752. The van der Waals surface area contributed by atoms with Gasteiger partial charge in [-0.05, 0) is 42.2 Å². The van der Waals surface area contributed by atoms with Gasteiger partial charge in [0.1, 0.15) is 0 Å². The molecule has 2 aliphatic rings. The fraction of sp³-hybridized carbons (Fsp3) is 0.222. The number of nitrogens with one attached hydrogen (secondary N) is 1. The maximum Gasteiger partial charge on any atom is 0.0553 e. The molecule has 0 spiro atoms. The second-order valence-electron chi connectivity index (χ2n) is 5.88. The highest BCUT2D eigenvalue weighted by atomic mass is 35.5. The summed E-state index contributed by atoms with van der Waals surface area (Å²) in [5, 5.41) is 5.79. The van der Waals surface area contributed by atoms with Crippen LogP contribution in [-0.2, 0) is 0 Å². The van der Waals surface area contributed by atoms with Crippen LogP contribution in [0, 0.1) is 5.92 Å². The van der Waals surface area contributed by atoms with E-state index in [1.54, 1.807) is 0 Å². The topological polar surface area (TPSA) is 12.0 Å². The zero-order valence-electron chi connectivity index (χ0n) is 11.7. The van der Waals surface area contributed by atoms with Gasteiger partial charge in [-0.15, -0.1) is 0 Å². The van der Waals surface area contributed by atoms with E-state index in [9.17, 15) is 0 Å². The quantitative estimate of drug-likeness (QED) is 0.581. The summed E-state index contributed by atoms with van der Waals surface area (Å²) in [4.78, 5) is 0. The highest BCUT2D eigenvalue weighted by Gasteiger charge is 2.39. The molecule has 0 saturated carbocycles. The average Bonchev–Trinajstić information content (AvgIpc) is 2.95.